The zero-order valence-corrected chi connectivity index (χ0v) is 16.8. The number of hydrogen-bond acceptors (Lipinski definition) is 6. The van der Waals surface area contributed by atoms with Crippen LogP contribution in [0.5, 0.6) is 5.75 Å². The van der Waals surface area contributed by atoms with Crippen molar-refractivity contribution in [2.75, 3.05) is 16.8 Å². The molecule has 1 aliphatic carbocycles. The van der Waals surface area contributed by atoms with Gasteiger partial charge in [0.1, 0.15) is 18.4 Å². The van der Waals surface area contributed by atoms with Crippen LogP contribution in [-0.4, -0.2) is 41.5 Å². The molecule has 1 saturated carbocycles. The Labute approximate surface area is 164 Å². The van der Waals surface area contributed by atoms with E-state index in [9.17, 15) is 4.79 Å². The topological polar surface area (TPSA) is 103 Å². The van der Waals surface area contributed by atoms with Crippen molar-refractivity contribution in [3.8, 4) is 5.75 Å². The highest BCUT2D eigenvalue weighted by molar-refractivity contribution is 6.09. The standard InChI is InChI=1S/C18H24N4O2.C2H4O2/c1-10(2)13-7-16-15(8-14(13)19-12-5-4-6-12)22-11(3)18(23)21-20-17(22)9-24-16;1-2(3)4/h7-8,10-12,19H,4-6,9H2,1-3H3,(H,21,23);1H3,(H,3,4). The molecule has 152 valence electrons. The van der Waals surface area contributed by atoms with E-state index in [2.05, 4.69) is 41.8 Å². The number of rotatable bonds is 3. The second-order valence-corrected chi connectivity index (χ2v) is 7.69. The number of ether oxygens (including phenoxy) is 1. The highest BCUT2D eigenvalue weighted by Crippen LogP contribution is 2.42. The van der Waals surface area contributed by atoms with E-state index in [1.165, 1.54) is 24.8 Å². The predicted molar refractivity (Wildman–Crippen MR) is 108 cm³/mol. The Hall–Kier alpha value is -2.77. The molecule has 0 spiro atoms. The number of carbonyl (C=O) groups is 2. The maximum absolute atomic E-state index is 12.0. The number of hydrogen-bond donors (Lipinski definition) is 3. The Morgan fingerprint density at radius 1 is 1.39 bits per heavy atom. The highest BCUT2D eigenvalue weighted by atomic mass is 16.5. The number of carbonyl (C=O) groups excluding carboxylic acids is 1. The minimum atomic E-state index is -0.833. The first-order valence-electron chi connectivity index (χ1n) is 9.70. The molecule has 28 heavy (non-hydrogen) atoms. The monoisotopic (exact) mass is 388 g/mol. The predicted octanol–water partition coefficient (Wildman–Crippen LogP) is 2.90. The molecule has 1 amide bonds. The van der Waals surface area contributed by atoms with Crippen LogP contribution in [0.4, 0.5) is 11.4 Å². The number of carboxylic acid groups (broad SMARTS) is 1. The summed E-state index contributed by atoms with van der Waals surface area (Å²) < 4.78 is 5.92. The molecule has 8 heteroatoms. The number of fused-ring (bicyclic) bond motifs is 3. The fourth-order valence-electron chi connectivity index (χ4n) is 3.46. The van der Waals surface area contributed by atoms with Crippen molar-refractivity contribution in [1.29, 1.82) is 0 Å². The van der Waals surface area contributed by atoms with Crippen LogP contribution in [0.25, 0.3) is 0 Å². The number of nitrogens with one attached hydrogen (secondary N) is 2. The Morgan fingerprint density at radius 3 is 2.64 bits per heavy atom. The molecule has 3 aliphatic rings. The summed E-state index contributed by atoms with van der Waals surface area (Å²) in [6, 6.07) is 4.52. The van der Waals surface area contributed by atoms with Gasteiger partial charge in [-0.1, -0.05) is 13.8 Å². The van der Waals surface area contributed by atoms with Gasteiger partial charge in [0, 0.05) is 18.7 Å². The largest absolute Gasteiger partial charge is 0.483 e. The minimum Gasteiger partial charge on any atom is -0.483 e. The molecule has 1 fully saturated rings. The van der Waals surface area contributed by atoms with Crippen LogP contribution in [0, 0.1) is 0 Å². The van der Waals surface area contributed by atoms with Crippen molar-refractivity contribution in [2.45, 2.75) is 65.0 Å². The average Bonchev–Trinajstić information content (AvgIpc) is 2.59. The molecule has 2 aliphatic heterocycles. The zero-order chi connectivity index (χ0) is 20.4. The van der Waals surface area contributed by atoms with E-state index in [1.54, 1.807) is 0 Å². The second-order valence-electron chi connectivity index (χ2n) is 7.69. The van der Waals surface area contributed by atoms with Gasteiger partial charge in [0.15, 0.2) is 5.84 Å². The molecule has 0 saturated heterocycles. The molecule has 0 bridgehead atoms. The van der Waals surface area contributed by atoms with Gasteiger partial charge in [-0.05, 0) is 49.8 Å². The molecule has 4 rings (SSSR count). The van der Waals surface area contributed by atoms with E-state index in [0.717, 1.165) is 29.9 Å². The Morgan fingerprint density at radius 2 is 2.07 bits per heavy atom. The Bertz CT molecular complexity index is 798. The lowest BCUT2D eigenvalue weighted by molar-refractivity contribution is -0.134. The molecule has 1 aromatic rings. The van der Waals surface area contributed by atoms with E-state index in [1.807, 2.05) is 11.8 Å². The normalized spacial score (nSPS) is 20.5. The number of aliphatic carboxylic acids is 1. The fraction of sp³-hybridized carbons (Fsp3) is 0.550. The van der Waals surface area contributed by atoms with Gasteiger partial charge in [-0.2, -0.15) is 5.10 Å². The third kappa shape index (κ3) is 4.05. The number of nitrogens with zero attached hydrogens (tertiary/aromatic N) is 2. The molecule has 1 unspecified atom stereocenters. The molecular formula is C20H28N4O4. The SMILES string of the molecule is CC(=O)O.CC(C)c1cc2c(cc1NC1CCC1)N1C(=NNC(=O)C1C)CO2. The Kier molecular flexibility index (Phi) is 5.76. The van der Waals surface area contributed by atoms with E-state index < -0.39 is 5.97 Å². The van der Waals surface area contributed by atoms with Gasteiger partial charge < -0.3 is 20.1 Å². The highest BCUT2D eigenvalue weighted by Gasteiger charge is 2.36. The van der Waals surface area contributed by atoms with Crippen LogP contribution < -0.4 is 20.4 Å². The van der Waals surface area contributed by atoms with Crippen LogP contribution >= 0.6 is 0 Å². The van der Waals surface area contributed by atoms with E-state index in [4.69, 9.17) is 14.6 Å². The molecular weight excluding hydrogens is 360 g/mol. The van der Waals surface area contributed by atoms with Gasteiger partial charge in [0.05, 0.1) is 5.69 Å². The fourth-order valence-corrected chi connectivity index (χ4v) is 3.46. The van der Waals surface area contributed by atoms with Crippen LogP contribution in [0.15, 0.2) is 17.2 Å². The first-order chi connectivity index (χ1) is 13.3. The summed E-state index contributed by atoms with van der Waals surface area (Å²) in [4.78, 5) is 23.0. The third-order valence-corrected chi connectivity index (χ3v) is 5.17. The van der Waals surface area contributed by atoms with E-state index >= 15 is 0 Å². The molecule has 2 heterocycles. The first kappa shape index (κ1) is 20.0. The number of anilines is 2. The van der Waals surface area contributed by atoms with Crippen LogP contribution in [0.1, 0.15) is 58.4 Å². The van der Waals surface area contributed by atoms with Crippen molar-refractivity contribution in [1.82, 2.24) is 5.43 Å². The number of benzene rings is 1. The number of amides is 1. The summed E-state index contributed by atoms with van der Waals surface area (Å²) in [5.74, 6) is 1.06. The lowest BCUT2D eigenvalue weighted by Gasteiger charge is -2.39. The zero-order valence-electron chi connectivity index (χ0n) is 16.8. The second kappa shape index (κ2) is 8.08. The maximum atomic E-state index is 12.0. The van der Waals surface area contributed by atoms with E-state index in [0.29, 0.717) is 18.6 Å². The molecule has 0 aromatic heterocycles. The maximum Gasteiger partial charge on any atom is 0.300 e. The summed E-state index contributed by atoms with van der Waals surface area (Å²) in [6.45, 7) is 7.75. The summed E-state index contributed by atoms with van der Waals surface area (Å²) in [5, 5.41) is 15.2. The van der Waals surface area contributed by atoms with Gasteiger partial charge in [0.2, 0.25) is 0 Å². The molecule has 1 aromatic carbocycles. The summed E-state index contributed by atoms with van der Waals surface area (Å²) >= 11 is 0. The average molecular weight is 388 g/mol. The van der Waals surface area contributed by atoms with Crippen LogP contribution in [-0.2, 0) is 9.59 Å². The van der Waals surface area contributed by atoms with Crippen molar-refractivity contribution >= 4 is 29.1 Å². The lowest BCUT2D eigenvalue weighted by atomic mass is 9.91. The smallest absolute Gasteiger partial charge is 0.300 e. The minimum absolute atomic E-state index is 0.0898. The molecule has 8 nitrogen and oxygen atoms in total. The number of hydrazone groups is 1. The van der Waals surface area contributed by atoms with Gasteiger partial charge in [-0.3, -0.25) is 9.59 Å². The van der Waals surface area contributed by atoms with Gasteiger partial charge >= 0.3 is 0 Å². The van der Waals surface area contributed by atoms with Gasteiger partial charge in [0.25, 0.3) is 11.9 Å². The quantitative estimate of drug-likeness (QED) is 0.736. The van der Waals surface area contributed by atoms with Gasteiger partial charge in [-0.15, -0.1) is 0 Å². The summed E-state index contributed by atoms with van der Waals surface area (Å²) in [7, 11) is 0. The van der Waals surface area contributed by atoms with Crippen LogP contribution in [0.2, 0.25) is 0 Å². The third-order valence-electron chi connectivity index (χ3n) is 5.17. The molecule has 1 atom stereocenters. The van der Waals surface area contributed by atoms with Crippen molar-refractivity contribution < 1.29 is 19.4 Å². The number of carboxylic acids is 1. The van der Waals surface area contributed by atoms with Gasteiger partial charge in [-0.25, -0.2) is 5.43 Å². The number of amidine groups is 1. The van der Waals surface area contributed by atoms with Crippen molar-refractivity contribution in [3.05, 3.63) is 17.7 Å². The Balaban J connectivity index is 0.000000516. The van der Waals surface area contributed by atoms with E-state index in [-0.39, 0.29) is 11.9 Å². The molecule has 3 N–H and O–H groups in total. The first-order valence-corrected chi connectivity index (χ1v) is 9.70. The lowest BCUT2D eigenvalue weighted by Crippen LogP contribution is -2.55. The summed E-state index contributed by atoms with van der Waals surface area (Å²) in [5.41, 5.74) is 5.90. The van der Waals surface area contributed by atoms with Crippen LogP contribution in [0.3, 0.4) is 0 Å². The van der Waals surface area contributed by atoms with Crippen molar-refractivity contribution in [2.24, 2.45) is 5.10 Å². The molecule has 0 radical (unpaired) electrons. The summed E-state index contributed by atoms with van der Waals surface area (Å²) in [6.07, 6.45) is 3.74. The van der Waals surface area contributed by atoms with Crippen molar-refractivity contribution in [3.63, 3.8) is 0 Å².